The van der Waals surface area contributed by atoms with Crippen LogP contribution in [0.25, 0.3) is 11.3 Å². The molecule has 2 nitrogen and oxygen atoms in total. The third-order valence-electron chi connectivity index (χ3n) is 2.53. The molecule has 0 aliphatic heterocycles. The zero-order valence-corrected chi connectivity index (χ0v) is 13.4. The molecule has 0 saturated carbocycles. The summed E-state index contributed by atoms with van der Waals surface area (Å²) in [5.74, 6) is -0.723. The van der Waals surface area contributed by atoms with Crippen LogP contribution in [0.2, 0.25) is 0 Å². The minimum Gasteiger partial charge on any atom is -0.232 e. The number of benzene rings is 1. The predicted molar refractivity (Wildman–Crippen MR) is 76.9 cm³/mol. The first-order chi connectivity index (χ1) is 8.90. The Morgan fingerprint density at radius 3 is 2.42 bits per heavy atom. The first kappa shape index (κ1) is 14.5. The van der Waals surface area contributed by atoms with Crippen LogP contribution in [-0.4, -0.2) is 9.97 Å². The number of aromatic nitrogens is 2. The van der Waals surface area contributed by atoms with Crippen LogP contribution in [0.4, 0.5) is 8.78 Å². The molecule has 0 unspecified atom stereocenters. The molecule has 0 aliphatic rings. The van der Waals surface area contributed by atoms with Gasteiger partial charge in [-0.2, -0.15) is 0 Å². The second kappa shape index (κ2) is 5.63. The van der Waals surface area contributed by atoms with E-state index in [1.54, 1.807) is 0 Å². The molecule has 1 aromatic heterocycles. The van der Waals surface area contributed by atoms with Crippen molar-refractivity contribution in [3.05, 3.63) is 44.7 Å². The molecule has 19 heavy (non-hydrogen) atoms. The molecule has 0 fully saturated rings. The molecule has 0 amide bonds. The Labute approximate surface area is 126 Å². The van der Waals surface area contributed by atoms with Crippen LogP contribution in [-0.2, 0) is 0 Å². The molecule has 0 radical (unpaired) electrons. The van der Waals surface area contributed by atoms with Gasteiger partial charge in [0.1, 0.15) is 22.1 Å². The minimum atomic E-state index is -0.666. The van der Waals surface area contributed by atoms with Crippen LogP contribution < -0.4 is 0 Å². The van der Waals surface area contributed by atoms with Gasteiger partial charge < -0.3 is 0 Å². The summed E-state index contributed by atoms with van der Waals surface area (Å²) in [6.07, 6.45) is 0. The summed E-state index contributed by atoms with van der Waals surface area (Å²) in [5.41, 5.74) is 0.0706. The average molecular weight is 392 g/mol. The van der Waals surface area contributed by atoms with Crippen LogP contribution in [0.15, 0.2) is 27.3 Å². The van der Waals surface area contributed by atoms with Gasteiger partial charge in [0.15, 0.2) is 0 Å². The lowest BCUT2D eigenvalue weighted by atomic mass is 10.1. The zero-order valence-electron chi connectivity index (χ0n) is 10.2. The maximum Gasteiger partial charge on any atom is 0.149 e. The van der Waals surface area contributed by atoms with Crippen LogP contribution in [0, 0.1) is 11.6 Å². The van der Waals surface area contributed by atoms with E-state index < -0.39 is 11.6 Å². The second-order valence-corrected chi connectivity index (χ2v) is 5.97. The molecular formula is C13H10Br2F2N2. The maximum absolute atomic E-state index is 14.1. The van der Waals surface area contributed by atoms with E-state index in [9.17, 15) is 8.78 Å². The SMILES string of the molecule is CC(C)c1nc(Br)cc(-c2c(F)ccc(Br)c2F)n1. The summed E-state index contributed by atoms with van der Waals surface area (Å²) in [4.78, 5) is 8.41. The summed E-state index contributed by atoms with van der Waals surface area (Å²) in [6, 6.07) is 4.03. The highest BCUT2D eigenvalue weighted by Crippen LogP contribution is 2.31. The highest BCUT2D eigenvalue weighted by molar-refractivity contribution is 9.10. The van der Waals surface area contributed by atoms with E-state index in [1.165, 1.54) is 18.2 Å². The lowest BCUT2D eigenvalue weighted by Crippen LogP contribution is -2.02. The molecule has 0 N–H and O–H groups in total. The van der Waals surface area contributed by atoms with Crippen LogP contribution in [0.3, 0.4) is 0 Å². The van der Waals surface area contributed by atoms with Crippen molar-refractivity contribution in [1.29, 1.82) is 0 Å². The Morgan fingerprint density at radius 2 is 1.79 bits per heavy atom. The average Bonchev–Trinajstić information content (AvgIpc) is 2.34. The van der Waals surface area contributed by atoms with Crippen molar-refractivity contribution >= 4 is 31.9 Å². The van der Waals surface area contributed by atoms with E-state index >= 15 is 0 Å². The smallest absolute Gasteiger partial charge is 0.149 e. The monoisotopic (exact) mass is 390 g/mol. The Bertz CT molecular complexity index is 630. The molecule has 2 aromatic rings. The molecular weight excluding hydrogens is 382 g/mol. The number of hydrogen-bond acceptors (Lipinski definition) is 2. The van der Waals surface area contributed by atoms with Gasteiger partial charge in [-0.05, 0) is 50.1 Å². The molecule has 1 aromatic carbocycles. The molecule has 2 rings (SSSR count). The Balaban J connectivity index is 2.69. The van der Waals surface area contributed by atoms with Gasteiger partial charge in [0, 0.05) is 5.92 Å². The molecule has 100 valence electrons. The first-order valence-corrected chi connectivity index (χ1v) is 7.17. The van der Waals surface area contributed by atoms with Gasteiger partial charge in [0.25, 0.3) is 0 Å². The van der Waals surface area contributed by atoms with E-state index in [2.05, 4.69) is 41.8 Å². The molecule has 0 aliphatic carbocycles. The van der Waals surface area contributed by atoms with Gasteiger partial charge in [-0.25, -0.2) is 18.7 Å². The number of halogens is 4. The number of hydrogen-bond donors (Lipinski definition) is 0. The van der Waals surface area contributed by atoms with Crippen LogP contribution in [0.5, 0.6) is 0 Å². The number of rotatable bonds is 2. The Hall–Kier alpha value is -0.880. The Kier molecular flexibility index (Phi) is 4.30. The molecule has 0 bridgehead atoms. The maximum atomic E-state index is 14.1. The van der Waals surface area contributed by atoms with Crippen molar-refractivity contribution < 1.29 is 8.78 Å². The third kappa shape index (κ3) is 3.00. The van der Waals surface area contributed by atoms with E-state index in [-0.39, 0.29) is 21.6 Å². The highest BCUT2D eigenvalue weighted by Gasteiger charge is 2.17. The first-order valence-electron chi connectivity index (χ1n) is 5.58. The summed E-state index contributed by atoms with van der Waals surface area (Å²) >= 11 is 6.29. The summed E-state index contributed by atoms with van der Waals surface area (Å²) < 4.78 is 28.6. The Morgan fingerprint density at radius 1 is 1.11 bits per heavy atom. The van der Waals surface area contributed by atoms with Gasteiger partial charge in [-0.3, -0.25) is 0 Å². The number of nitrogens with zero attached hydrogens (tertiary/aromatic N) is 2. The molecule has 0 spiro atoms. The minimum absolute atomic E-state index is 0.0644. The van der Waals surface area contributed by atoms with Crippen molar-refractivity contribution in [3.8, 4) is 11.3 Å². The van der Waals surface area contributed by atoms with E-state index in [1.807, 2.05) is 13.8 Å². The largest absolute Gasteiger partial charge is 0.232 e. The zero-order chi connectivity index (χ0) is 14.2. The fourth-order valence-corrected chi connectivity index (χ4v) is 2.31. The lowest BCUT2D eigenvalue weighted by Gasteiger charge is -2.10. The van der Waals surface area contributed by atoms with E-state index in [4.69, 9.17) is 0 Å². The topological polar surface area (TPSA) is 25.8 Å². The lowest BCUT2D eigenvalue weighted by molar-refractivity contribution is 0.583. The molecule has 0 atom stereocenters. The molecule has 1 heterocycles. The second-order valence-electron chi connectivity index (χ2n) is 4.31. The van der Waals surface area contributed by atoms with Crippen molar-refractivity contribution in [3.63, 3.8) is 0 Å². The van der Waals surface area contributed by atoms with Gasteiger partial charge >= 0.3 is 0 Å². The van der Waals surface area contributed by atoms with Gasteiger partial charge in [-0.1, -0.05) is 13.8 Å². The van der Waals surface area contributed by atoms with Gasteiger partial charge in [-0.15, -0.1) is 0 Å². The van der Waals surface area contributed by atoms with Crippen molar-refractivity contribution in [2.24, 2.45) is 0 Å². The summed E-state index contributed by atoms with van der Waals surface area (Å²) in [6.45, 7) is 3.83. The van der Waals surface area contributed by atoms with Gasteiger partial charge in [0.05, 0.1) is 15.7 Å². The predicted octanol–water partition coefficient (Wildman–Crippen LogP) is 5.07. The fourth-order valence-electron chi connectivity index (χ4n) is 1.58. The molecule has 6 heteroatoms. The van der Waals surface area contributed by atoms with E-state index in [0.29, 0.717) is 10.4 Å². The third-order valence-corrected chi connectivity index (χ3v) is 3.55. The normalized spacial score (nSPS) is 11.1. The van der Waals surface area contributed by atoms with Gasteiger partial charge in [0.2, 0.25) is 0 Å². The summed E-state index contributed by atoms with van der Waals surface area (Å²) in [7, 11) is 0. The van der Waals surface area contributed by atoms with Crippen molar-refractivity contribution in [2.45, 2.75) is 19.8 Å². The van der Waals surface area contributed by atoms with Crippen LogP contribution in [0.1, 0.15) is 25.6 Å². The van der Waals surface area contributed by atoms with E-state index in [0.717, 1.165) is 0 Å². The standard InChI is InChI=1S/C13H10Br2F2N2/c1-6(2)13-18-9(5-10(15)19-13)11-8(16)4-3-7(14)12(11)17/h3-6H,1-2H3. The fraction of sp³-hybridized carbons (Fsp3) is 0.231. The quantitative estimate of drug-likeness (QED) is 0.527. The molecule has 0 saturated heterocycles. The summed E-state index contributed by atoms with van der Waals surface area (Å²) in [5, 5.41) is 0. The van der Waals surface area contributed by atoms with Crippen LogP contribution >= 0.6 is 31.9 Å². The van der Waals surface area contributed by atoms with Crippen molar-refractivity contribution in [1.82, 2.24) is 9.97 Å². The van der Waals surface area contributed by atoms with Crippen molar-refractivity contribution in [2.75, 3.05) is 0 Å². The highest BCUT2D eigenvalue weighted by atomic mass is 79.9.